The monoisotopic (exact) mass is 163 g/mol. The van der Waals surface area contributed by atoms with E-state index in [1.807, 2.05) is 0 Å². The molecule has 1 heterocycles. The summed E-state index contributed by atoms with van der Waals surface area (Å²) in [5, 5.41) is 8.87. The van der Waals surface area contributed by atoms with Crippen LogP contribution in [0.2, 0.25) is 0 Å². The average molecular weight is 163 g/mol. The molecule has 0 spiro atoms. The SMILES string of the molecule is CSc1sc(=O)[nH]c1O. The summed E-state index contributed by atoms with van der Waals surface area (Å²) < 4.78 is 0.639. The highest BCUT2D eigenvalue weighted by molar-refractivity contribution is 8.00. The molecule has 2 N–H and O–H groups in total. The van der Waals surface area contributed by atoms with Crippen LogP contribution in [-0.4, -0.2) is 16.3 Å². The molecule has 0 radical (unpaired) electrons. The summed E-state index contributed by atoms with van der Waals surface area (Å²) in [6.07, 6.45) is 1.80. The minimum atomic E-state index is -0.211. The largest absolute Gasteiger partial charge is 0.493 e. The first kappa shape index (κ1) is 6.70. The first-order chi connectivity index (χ1) is 4.24. The maximum absolute atomic E-state index is 10.5. The second kappa shape index (κ2) is 2.45. The number of rotatable bonds is 1. The van der Waals surface area contributed by atoms with Crippen molar-refractivity contribution in [2.45, 2.75) is 4.21 Å². The van der Waals surface area contributed by atoms with Gasteiger partial charge in [-0.15, -0.1) is 11.8 Å². The van der Waals surface area contributed by atoms with Crippen molar-refractivity contribution < 1.29 is 5.11 Å². The molecular weight excluding hydrogens is 158 g/mol. The Labute approximate surface area is 59.7 Å². The molecule has 0 aliphatic carbocycles. The van der Waals surface area contributed by atoms with Gasteiger partial charge in [-0.05, 0) is 6.26 Å². The zero-order chi connectivity index (χ0) is 6.85. The minimum Gasteiger partial charge on any atom is -0.493 e. The van der Waals surface area contributed by atoms with Crippen LogP contribution in [0, 0.1) is 0 Å². The fourth-order valence-electron chi connectivity index (χ4n) is 0.444. The van der Waals surface area contributed by atoms with Gasteiger partial charge in [-0.3, -0.25) is 9.78 Å². The van der Waals surface area contributed by atoms with Crippen LogP contribution in [0.4, 0.5) is 0 Å². The molecule has 1 aromatic rings. The van der Waals surface area contributed by atoms with E-state index < -0.39 is 0 Å². The molecule has 0 aliphatic rings. The van der Waals surface area contributed by atoms with E-state index in [9.17, 15) is 4.79 Å². The number of hydrogen-bond donors (Lipinski definition) is 2. The van der Waals surface area contributed by atoms with Gasteiger partial charge in [0.25, 0.3) is 0 Å². The van der Waals surface area contributed by atoms with Crippen molar-refractivity contribution in [1.82, 2.24) is 4.98 Å². The highest BCUT2D eigenvalue weighted by Gasteiger charge is 2.02. The standard InChI is InChI=1S/C4H5NO2S2/c1-8-3-2(6)5-4(7)9-3/h6H,1H3,(H,5,7). The highest BCUT2D eigenvalue weighted by Crippen LogP contribution is 2.25. The lowest BCUT2D eigenvalue weighted by atomic mass is 10.9. The maximum Gasteiger partial charge on any atom is 0.308 e. The molecule has 0 bridgehead atoms. The molecule has 3 nitrogen and oxygen atoms in total. The van der Waals surface area contributed by atoms with Crippen LogP contribution in [0.1, 0.15) is 0 Å². The summed E-state index contributed by atoms with van der Waals surface area (Å²) in [6.45, 7) is 0. The second-order valence-electron chi connectivity index (χ2n) is 1.35. The summed E-state index contributed by atoms with van der Waals surface area (Å²) in [5.74, 6) is -0.0162. The Morgan fingerprint density at radius 2 is 2.44 bits per heavy atom. The third-order valence-electron chi connectivity index (χ3n) is 0.785. The number of aromatic amines is 1. The molecule has 50 valence electrons. The van der Waals surface area contributed by atoms with Gasteiger partial charge in [0.2, 0.25) is 5.88 Å². The average Bonchev–Trinajstić information content (AvgIpc) is 2.10. The van der Waals surface area contributed by atoms with E-state index >= 15 is 0 Å². The van der Waals surface area contributed by atoms with Gasteiger partial charge in [-0.2, -0.15) is 0 Å². The number of H-pyrrole nitrogens is 1. The van der Waals surface area contributed by atoms with Gasteiger partial charge in [-0.1, -0.05) is 11.3 Å². The Kier molecular flexibility index (Phi) is 1.82. The van der Waals surface area contributed by atoms with E-state index in [2.05, 4.69) is 4.98 Å². The van der Waals surface area contributed by atoms with E-state index in [1.54, 1.807) is 6.26 Å². The fourth-order valence-corrected chi connectivity index (χ4v) is 1.71. The lowest BCUT2D eigenvalue weighted by Gasteiger charge is -1.84. The van der Waals surface area contributed by atoms with Crippen LogP contribution in [0.15, 0.2) is 9.00 Å². The Balaban J connectivity index is 3.16. The van der Waals surface area contributed by atoms with E-state index in [1.165, 1.54) is 11.8 Å². The summed E-state index contributed by atoms with van der Waals surface area (Å²) in [7, 11) is 0. The summed E-state index contributed by atoms with van der Waals surface area (Å²) in [6, 6.07) is 0. The maximum atomic E-state index is 10.5. The van der Waals surface area contributed by atoms with Gasteiger partial charge < -0.3 is 5.11 Å². The van der Waals surface area contributed by atoms with Gasteiger partial charge in [0.05, 0.1) is 0 Å². The molecule has 9 heavy (non-hydrogen) atoms. The number of hydrogen-bond acceptors (Lipinski definition) is 4. The summed E-state index contributed by atoms with van der Waals surface area (Å²) >= 11 is 2.37. The van der Waals surface area contributed by atoms with Gasteiger partial charge in [-0.25, -0.2) is 0 Å². The predicted octanol–water partition coefficient (Wildman–Crippen LogP) is 0.864. The number of aromatic hydroxyl groups is 1. The molecular formula is C4H5NO2S2. The predicted molar refractivity (Wildman–Crippen MR) is 38.4 cm³/mol. The van der Waals surface area contributed by atoms with Crippen molar-refractivity contribution in [2.24, 2.45) is 0 Å². The number of thiazole rings is 1. The number of aromatic nitrogens is 1. The quantitative estimate of drug-likeness (QED) is 0.604. The Hall–Kier alpha value is -0.420. The molecule has 0 fully saturated rings. The number of nitrogens with one attached hydrogen (secondary N) is 1. The van der Waals surface area contributed by atoms with Crippen LogP contribution >= 0.6 is 23.1 Å². The molecule has 0 unspecified atom stereocenters. The lowest BCUT2D eigenvalue weighted by Crippen LogP contribution is -1.89. The summed E-state index contributed by atoms with van der Waals surface area (Å²) in [5.41, 5.74) is 0. The van der Waals surface area contributed by atoms with Crippen LogP contribution in [0.3, 0.4) is 0 Å². The molecule has 0 saturated carbocycles. The third-order valence-corrected chi connectivity index (χ3v) is 2.76. The van der Waals surface area contributed by atoms with Crippen molar-refractivity contribution in [3.05, 3.63) is 9.67 Å². The van der Waals surface area contributed by atoms with Gasteiger partial charge in [0.15, 0.2) is 0 Å². The van der Waals surface area contributed by atoms with Crippen LogP contribution in [0.25, 0.3) is 0 Å². The third kappa shape index (κ3) is 1.28. The van der Waals surface area contributed by atoms with Crippen molar-refractivity contribution in [3.8, 4) is 5.88 Å². The smallest absolute Gasteiger partial charge is 0.308 e. The topological polar surface area (TPSA) is 53.1 Å². The Morgan fingerprint density at radius 1 is 1.78 bits per heavy atom. The van der Waals surface area contributed by atoms with E-state index in [0.717, 1.165) is 11.3 Å². The van der Waals surface area contributed by atoms with Gasteiger partial charge in [0.1, 0.15) is 4.21 Å². The zero-order valence-corrected chi connectivity index (χ0v) is 6.30. The second-order valence-corrected chi connectivity index (χ2v) is 3.41. The molecule has 1 rings (SSSR count). The number of thioether (sulfide) groups is 1. The lowest BCUT2D eigenvalue weighted by molar-refractivity contribution is 0.445. The van der Waals surface area contributed by atoms with Gasteiger partial charge >= 0.3 is 4.87 Å². The summed E-state index contributed by atoms with van der Waals surface area (Å²) in [4.78, 5) is 12.5. The molecule has 0 aromatic carbocycles. The van der Waals surface area contributed by atoms with E-state index in [-0.39, 0.29) is 10.8 Å². The Bertz CT molecular complexity index is 251. The van der Waals surface area contributed by atoms with Crippen LogP contribution < -0.4 is 4.87 Å². The van der Waals surface area contributed by atoms with E-state index in [0.29, 0.717) is 4.21 Å². The van der Waals surface area contributed by atoms with Crippen molar-refractivity contribution in [1.29, 1.82) is 0 Å². The molecule has 1 aromatic heterocycles. The molecule has 0 atom stereocenters. The first-order valence-corrected chi connectivity index (χ1v) is 4.24. The molecule has 0 saturated heterocycles. The zero-order valence-electron chi connectivity index (χ0n) is 4.67. The normalized spacial score (nSPS) is 9.89. The minimum absolute atomic E-state index is 0.0162. The molecule has 0 amide bonds. The first-order valence-electron chi connectivity index (χ1n) is 2.20. The van der Waals surface area contributed by atoms with Crippen molar-refractivity contribution in [3.63, 3.8) is 0 Å². The van der Waals surface area contributed by atoms with Crippen molar-refractivity contribution >= 4 is 23.1 Å². The fraction of sp³-hybridized carbons (Fsp3) is 0.250. The Morgan fingerprint density at radius 3 is 2.67 bits per heavy atom. The molecule has 5 heteroatoms. The highest BCUT2D eigenvalue weighted by atomic mass is 32.2. The van der Waals surface area contributed by atoms with Gasteiger partial charge in [0, 0.05) is 0 Å². The van der Waals surface area contributed by atoms with Crippen LogP contribution in [-0.2, 0) is 0 Å². The van der Waals surface area contributed by atoms with E-state index in [4.69, 9.17) is 5.11 Å². The van der Waals surface area contributed by atoms with Crippen LogP contribution in [0.5, 0.6) is 5.88 Å². The molecule has 0 aliphatic heterocycles. The van der Waals surface area contributed by atoms with Crippen molar-refractivity contribution in [2.75, 3.05) is 6.26 Å².